The van der Waals surface area contributed by atoms with Crippen LogP contribution in [0.4, 0.5) is 0 Å². The summed E-state index contributed by atoms with van der Waals surface area (Å²) in [6.07, 6.45) is 0.871. The normalized spacial score (nSPS) is 22.8. The van der Waals surface area contributed by atoms with Crippen LogP contribution in [0.25, 0.3) is 0 Å². The number of piperazine rings is 1. The van der Waals surface area contributed by atoms with Gasteiger partial charge in [0.15, 0.2) is 5.69 Å². The van der Waals surface area contributed by atoms with E-state index in [-0.39, 0.29) is 30.0 Å². The summed E-state index contributed by atoms with van der Waals surface area (Å²) in [6.45, 7) is 9.62. The summed E-state index contributed by atoms with van der Waals surface area (Å²) in [5, 5.41) is 7.34. The summed E-state index contributed by atoms with van der Waals surface area (Å²) in [7, 11) is 3.65. The summed E-state index contributed by atoms with van der Waals surface area (Å²) in [5.41, 5.74) is -0.450. The zero-order valence-corrected chi connectivity index (χ0v) is 18.1. The third-order valence-corrected chi connectivity index (χ3v) is 6.01. The van der Waals surface area contributed by atoms with E-state index in [0.29, 0.717) is 31.2 Å². The molecule has 3 heterocycles. The highest BCUT2D eigenvalue weighted by atomic mass is 16.2. The molecule has 1 saturated heterocycles. The van der Waals surface area contributed by atoms with Crippen LogP contribution in [0, 0.1) is 5.92 Å². The topological polar surface area (TPSA) is 90.8 Å². The molecule has 1 atom stereocenters. The Morgan fingerprint density at radius 2 is 1.86 bits per heavy atom. The highest BCUT2D eigenvalue weighted by molar-refractivity contribution is 6.01. The molecule has 1 aromatic heterocycles. The van der Waals surface area contributed by atoms with Crippen LogP contribution in [0.1, 0.15) is 48.2 Å². The SMILES string of the molecule is CC(C)CCNC(=O)[C@@]1(C)Cn2nc(C(=O)N3CCN(C)CC3)cc2C(=O)N1C. The van der Waals surface area contributed by atoms with Gasteiger partial charge in [-0.05, 0) is 26.3 Å². The second-order valence-electron chi connectivity index (χ2n) is 8.74. The van der Waals surface area contributed by atoms with E-state index in [1.54, 1.807) is 24.9 Å². The summed E-state index contributed by atoms with van der Waals surface area (Å²) < 4.78 is 1.51. The van der Waals surface area contributed by atoms with E-state index in [4.69, 9.17) is 0 Å². The summed E-state index contributed by atoms with van der Waals surface area (Å²) in [5.74, 6) is -0.196. The summed E-state index contributed by atoms with van der Waals surface area (Å²) >= 11 is 0. The maximum absolute atomic E-state index is 12.9. The molecule has 0 unspecified atom stereocenters. The Kier molecular flexibility index (Phi) is 5.97. The maximum atomic E-state index is 12.9. The van der Waals surface area contributed by atoms with Crippen molar-refractivity contribution in [1.29, 1.82) is 0 Å². The Morgan fingerprint density at radius 1 is 1.21 bits per heavy atom. The number of hydrogen-bond acceptors (Lipinski definition) is 5. The number of aromatic nitrogens is 2. The molecule has 9 heteroatoms. The second-order valence-corrected chi connectivity index (χ2v) is 8.74. The van der Waals surface area contributed by atoms with E-state index in [9.17, 15) is 14.4 Å². The van der Waals surface area contributed by atoms with E-state index in [1.165, 1.54) is 9.58 Å². The van der Waals surface area contributed by atoms with E-state index in [0.717, 1.165) is 19.5 Å². The monoisotopic (exact) mass is 404 g/mol. The van der Waals surface area contributed by atoms with E-state index >= 15 is 0 Å². The van der Waals surface area contributed by atoms with Gasteiger partial charge in [0, 0.05) is 45.8 Å². The van der Waals surface area contributed by atoms with Crippen LogP contribution in [-0.4, -0.2) is 94.6 Å². The van der Waals surface area contributed by atoms with E-state index in [1.807, 2.05) is 7.05 Å². The van der Waals surface area contributed by atoms with Gasteiger partial charge in [-0.2, -0.15) is 5.10 Å². The fourth-order valence-corrected chi connectivity index (χ4v) is 3.67. The van der Waals surface area contributed by atoms with Crippen molar-refractivity contribution in [3.8, 4) is 0 Å². The standard InChI is InChI=1S/C20H32N6O3/c1-14(2)6-7-21-19(29)20(3)13-26-16(18(28)24(20)5)12-15(22-26)17(27)25-10-8-23(4)9-11-25/h12,14H,6-11,13H2,1-5H3,(H,21,29)/t20-/m1/s1. The number of amides is 3. The average molecular weight is 405 g/mol. The molecule has 160 valence electrons. The van der Waals surface area contributed by atoms with E-state index < -0.39 is 5.54 Å². The van der Waals surface area contributed by atoms with Gasteiger partial charge in [-0.15, -0.1) is 0 Å². The Hall–Kier alpha value is -2.42. The largest absolute Gasteiger partial charge is 0.354 e. The number of nitrogens with zero attached hydrogens (tertiary/aromatic N) is 5. The molecular formula is C20H32N6O3. The van der Waals surface area contributed by atoms with Crippen LogP contribution in [0.3, 0.4) is 0 Å². The van der Waals surface area contributed by atoms with Crippen LogP contribution in [0.2, 0.25) is 0 Å². The first-order chi connectivity index (χ1) is 13.6. The highest BCUT2D eigenvalue weighted by Crippen LogP contribution is 2.26. The molecule has 0 saturated carbocycles. The van der Waals surface area contributed by atoms with Crippen LogP contribution in [0.5, 0.6) is 0 Å². The van der Waals surface area contributed by atoms with Gasteiger partial charge in [0.05, 0.1) is 6.54 Å². The number of hydrogen-bond donors (Lipinski definition) is 1. The van der Waals surface area contributed by atoms with Crippen molar-refractivity contribution < 1.29 is 14.4 Å². The molecular weight excluding hydrogens is 372 g/mol. The minimum atomic E-state index is -1.05. The molecule has 3 amide bonds. The molecule has 2 aliphatic rings. The quantitative estimate of drug-likeness (QED) is 0.761. The van der Waals surface area contributed by atoms with Gasteiger partial charge in [0.2, 0.25) is 5.91 Å². The molecule has 0 spiro atoms. The lowest BCUT2D eigenvalue weighted by molar-refractivity contribution is -0.132. The lowest BCUT2D eigenvalue weighted by Crippen LogP contribution is -2.62. The zero-order chi connectivity index (χ0) is 21.3. The number of rotatable bonds is 5. The summed E-state index contributed by atoms with van der Waals surface area (Å²) in [6, 6.07) is 1.55. The minimum absolute atomic E-state index is 0.168. The van der Waals surface area contributed by atoms with Gasteiger partial charge in [0.25, 0.3) is 11.8 Å². The molecule has 2 aliphatic heterocycles. The van der Waals surface area contributed by atoms with Crippen LogP contribution in [-0.2, 0) is 11.3 Å². The Bertz CT molecular complexity index is 796. The number of carbonyl (C=O) groups excluding carboxylic acids is 3. The molecule has 1 fully saturated rings. The molecule has 9 nitrogen and oxygen atoms in total. The molecule has 3 rings (SSSR count). The Morgan fingerprint density at radius 3 is 2.48 bits per heavy atom. The van der Waals surface area contributed by atoms with Crippen LogP contribution < -0.4 is 5.32 Å². The Labute approximate surface area is 172 Å². The van der Waals surface area contributed by atoms with Crippen molar-refractivity contribution in [2.24, 2.45) is 5.92 Å². The van der Waals surface area contributed by atoms with Gasteiger partial charge >= 0.3 is 0 Å². The first kappa shape index (κ1) is 21.3. The summed E-state index contributed by atoms with van der Waals surface area (Å²) in [4.78, 5) is 44.0. The van der Waals surface area contributed by atoms with Gasteiger partial charge in [0.1, 0.15) is 11.2 Å². The minimum Gasteiger partial charge on any atom is -0.354 e. The molecule has 1 aromatic rings. The highest BCUT2D eigenvalue weighted by Gasteiger charge is 2.46. The molecule has 1 N–H and O–H groups in total. The van der Waals surface area contributed by atoms with Crippen molar-refractivity contribution >= 4 is 17.7 Å². The molecule has 0 aromatic carbocycles. The van der Waals surface area contributed by atoms with Gasteiger partial charge in [-0.3, -0.25) is 19.1 Å². The average Bonchev–Trinajstić information content (AvgIpc) is 3.09. The predicted molar refractivity (Wildman–Crippen MR) is 109 cm³/mol. The van der Waals surface area contributed by atoms with Crippen LogP contribution >= 0.6 is 0 Å². The number of nitrogens with one attached hydrogen (secondary N) is 1. The van der Waals surface area contributed by atoms with Crippen molar-refractivity contribution in [3.05, 3.63) is 17.5 Å². The number of fused-ring (bicyclic) bond motifs is 1. The third kappa shape index (κ3) is 4.14. The molecule has 0 aliphatic carbocycles. The number of carbonyl (C=O) groups is 3. The molecule has 0 radical (unpaired) electrons. The second kappa shape index (κ2) is 8.14. The third-order valence-electron chi connectivity index (χ3n) is 6.01. The number of likely N-dealkylation sites (N-methyl/N-ethyl adjacent to an activating group) is 2. The molecule has 29 heavy (non-hydrogen) atoms. The van der Waals surface area contributed by atoms with Crippen molar-refractivity contribution in [1.82, 2.24) is 29.8 Å². The van der Waals surface area contributed by atoms with E-state index in [2.05, 4.69) is 29.2 Å². The van der Waals surface area contributed by atoms with Crippen molar-refractivity contribution in [2.75, 3.05) is 46.8 Å². The molecule has 0 bridgehead atoms. The zero-order valence-electron chi connectivity index (χ0n) is 18.1. The fourth-order valence-electron chi connectivity index (χ4n) is 3.67. The smallest absolute Gasteiger partial charge is 0.274 e. The first-order valence-electron chi connectivity index (χ1n) is 10.3. The lowest BCUT2D eigenvalue weighted by atomic mass is 9.95. The lowest BCUT2D eigenvalue weighted by Gasteiger charge is -2.40. The van der Waals surface area contributed by atoms with Crippen molar-refractivity contribution in [2.45, 2.75) is 39.3 Å². The predicted octanol–water partition coefficient (Wildman–Crippen LogP) is 0.277. The first-order valence-corrected chi connectivity index (χ1v) is 10.3. The van der Waals surface area contributed by atoms with Crippen LogP contribution in [0.15, 0.2) is 6.07 Å². The van der Waals surface area contributed by atoms with Gasteiger partial charge in [-0.25, -0.2) is 0 Å². The fraction of sp³-hybridized carbons (Fsp3) is 0.700. The maximum Gasteiger partial charge on any atom is 0.274 e. The van der Waals surface area contributed by atoms with Gasteiger partial charge in [-0.1, -0.05) is 13.8 Å². The van der Waals surface area contributed by atoms with Gasteiger partial charge < -0.3 is 20.0 Å². The van der Waals surface area contributed by atoms with Crippen molar-refractivity contribution in [3.63, 3.8) is 0 Å². The Balaban J connectivity index is 1.77.